The second-order valence-electron chi connectivity index (χ2n) is 5.15. The molecule has 1 aromatic carbocycles. The standard InChI is InChI=1S/C18H22N2O3/c1-20(16-10-11-17(22-2)19-13-16)18(21)9-6-12-23-14-15-7-4-3-5-8-15/h3-5,7-8,10-11,13H,6,9,12,14H2,1-2H3. The Labute approximate surface area is 136 Å². The molecular weight excluding hydrogens is 292 g/mol. The number of carbonyl (C=O) groups excluding carboxylic acids is 1. The summed E-state index contributed by atoms with van der Waals surface area (Å²) in [6, 6.07) is 13.6. The lowest BCUT2D eigenvalue weighted by atomic mass is 10.2. The molecule has 0 fully saturated rings. The van der Waals surface area contributed by atoms with Gasteiger partial charge in [0.15, 0.2) is 0 Å². The molecule has 0 aliphatic carbocycles. The number of anilines is 1. The number of carbonyl (C=O) groups is 1. The molecule has 0 bridgehead atoms. The minimum Gasteiger partial charge on any atom is -0.481 e. The van der Waals surface area contributed by atoms with E-state index in [1.165, 1.54) is 0 Å². The van der Waals surface area contributed by atoms with E-state index >= 15 is 0 Å². The minimum atomic E-state index is 0.0419. The second kappa shape index (κ2) is 8.90. The molecule has 0 N–H and O–H groups in total. The van der Waals surface area contributed by atoms with Crippen molar-refractivity contribution in [2.75, 3.05) is 25.7 Å². The van der Waals surface area contributed by atoms with Crippen molar-refractivity contribution in [3.8, 4) is 5.88 Å². The van der Waals surface area contributed by atoms with Gasteiger partial charge in [-0.3, -0.25) is 4.79 Å². The Morgan fingerprint density at radius 2 is 1.96 bits per heavy atom. The molecule has 0 spiro atoms. The first-order valence-electron chi connectivity index (χ1n) is 7.59. The Hall–Kier alpha value is -2.40. The van der Waals surface area contributed by atoms with E-state index in [4.69, 9.17) is 9.47 Å². The Morgan fingerprint density at radius 3 is 2.61 bits per heavy atom. The van der Waals surface area contributed by atoms with Gasteiger partial charge in [0.2, 0.25) is 11.8 Å². The number of benzene rings is 1. The van der Waals surface area contributed by atoms with Gasteiger partial charge in [-0.05, 0) is 18.1 Å². The van der Waals surface area contributed by atoms with Crippen LogP contribution in [0.2, 0.25) is 0 Å². The van der Waals surface area contributed by atoms with E-state index in [-0.39, 0.29) is 5.91 Å². The van der Waals surface area contributed by atoms with Gasteiger partial charge in [0.1, 0.15) is 0 Å². The average Bonchev–Trinajstić information content (AvgIpc) is 2.61. The number of hydrogen-bond acceptors (Lipinski definition) is 4. The van der Waals surface area contributed by atoms with E-state index in [2.05, 4.69) is 4.98 Å². The lowest BCUT2D eigenvalue weighted by molar-refractivity contribution is -0.118. The van der Waals surface area contributed by atoms with E-state index in [1.54, 1.807) is 31.3 Å². The smallest absolute Gasteiger partial charge is 0.226 e. The van der Waals surface area contributed by atoms with Crippen LogP contribution in [0.25, 0.3) is 0 Å². The summed E-state index contributed by atoms with van der Waals surface area (Å²) in [7, 11) is 3.31. The van der Waals surface area contributed by atoms with E-state index in [1.807, 2.05) is 36.4 Å². The molecule has 2 rings (SSSR count). The summed E-state index contributed by atoms with van der Waals surface area (Å²) in [6.07, 6.45) is 2.76. The molecule has 0 atom stereocenters. The molecule has 122 valence electrons. The van der Waals surface area contributed by atoms with Crippen LogP contribution in [0.5, 0.6) is 5.88 Å². The van der Waals surface area contributed by atoms with Crippen molar-refractivity contribution in [1.29, 1.82) is 0 Å². The summed E-state index contributed by atoms with van der Waals surface area (Å²) in [4.78, 5) is 17.8. The van der Waals surface area contributed by atoms with Gasteiger partial charge in [-0.25, -0.2) is 4.98 Å². The normalized spacial score (nSPS) is 10.3. The van der Waals surface area contributed by atoms with Crippen LogP contribution in [0.4, 0.5) is 5.69 Å². The van der Waals surface area contributed by atoms with E-state index in [0.29, 0.717) is 31.9 Å². The molecule has 0 aliphatic heterocycles. The Balaban J connectivity index is 1.69. The maximum Gasteiger partial charge on any atom is 0.226 e. The largest absolute Gasteiger partial charge is 0.481 e. The first-order chi connectivity index (χ1) is 11.2. The zero-order valence-electron chi connectivity index (χ0n) is 13.6. The topological polar surface area (TPSA) is 51.7 Å². The van der Waals surface area contributed by atoms with Gasteiger partial charge in [0, 0.05) is 26.1 Å². The van der Waals surface area contributed by atoms with Crippen LogP contribution in [-0.4, -0.2) is 31.7 Å². The Kier molecular flexibility index (Phi) is 6.56. The van der Waals surface area contributed by atoms with Crippen LogP contribution in [-0.2, 0) is 16.1 Å². The number of hydrogen-bond donors (Lipinski definition) is 0. The fraction of sp³-hybridized carbons (Fsp3) is 0.333. The summed E-state index contributed by atoms with van der Waals surface area (Å²) in [6.45, 7) is 1.14. The summed E-state index contributed by atoms with van der Waals surface area (Å²) >= 11 is 0. The van der Waals surface area contributed by atoms with Gasteiger partial charge >= 0.3 is 0 Å². The molecule has 1 aromatic heterocycles. The molecule has 0 radical (unpaired) electrons. The molecule has 1 amide bonds. The monoisotopic (exact) mass is 314 g/mol. The van der Waals surface area contributed by atoms with Gasteiger partial charge in [-0.15, -0.1) is 0 Å². The molecule has 1 heterocycles. The van der Waals surface area contributed by atoms with Crippen molar-refractivity contribution in [1.82, 2.24) is 4.98 Å². The maximum atomic E-state index is 12.1. The van der Waals surface area contributed by atoms with Gasteiger partial charge in [-0.1, -0.05) is 30.3 Å². The molecule has 0 unspecified atom stereocenters. The number of aromatic nitrogens is 1. The number of nitrogens with zero attached hydrogens (tertiary/aromatic N) is 2. The predicted octanol–water partition coefficient (Wildman–Crippen LogP) is 3.05. The molecular formula is C18H22N2O3. The van der Waals surface area contributed by atoms with Crippen LogP contribution in [0.1, 0.15) is 18.4 Å². The molecule has 5 heteroatoms. The average molecular weight is 314 g/mol. The van der Waals surface area contributed by atoms with Crippen molar-refractivity contribution in [2.45, 2.75) is 19.4 Å². The van der Waals surface area contributed by atoms with E-state index < -0.39 is 0 Å². The zero-order chi connectivity index (χ0) is 16.5. The summed E-state index contributed by atoms with van der Waals surface area (Å²) in [5.41, 5.74) is 1.89. The quantitative estimate of drug-likeness (QED) is 0.703. The number of amides is 1. The predicted molar refractivity (Wildman–Crippen MR) is 89.5 cm³/mol. The molecule has 0 saturated carbocycles. The first kappa shape index (κ1) is 17.0. The highest BCUT2D eigenvalue weighted by Gasteiger charge is 2.11. The van der Waals surface area contributed by atoms with Crippen LogP contribution in [0.3, 0.4) is 0 Å². The Bertz CT molecular complexity index is 599. The highest BCUT2D eigenvalue weighted by atomic mass is 16.5. The summed E-state index contributed by atoms with van der Waals surface area (Å²) in [5, 5.41) is 0. The van der Waals surface area contributed by atoms with Gasteiger partial charge in [-0.2, -0.15) is 0 Å². The second-order valence-corrected chi connectivity index (χ2v) is 5.15. The minimum absolute atomic E-state index is 0.0419. The third-order valence-electron chi connectivity index (χ3n) is 3.48. The van der Waals surface area contributed by atoms with Crippen LogP contribution in [0.15, 0.2) is 48.7 Å². The fourth-order valence-electron chi connectivity index (χ4n) is 2.09. The molecule has 0 saturated heterocycles. The van der Waals surface area contributed by atoms with Crippen LogP contribution >= 0.6 is 0 Å². The van der Waals surface area contributed by atoms with Gasteiger partial charge in [0.05, 0.1) is 25.6 Å². The van der Waals surface area contributed by atoms with E-state index in [0.717, 1.165) is 11.3 Å². The summed E-state index contributed by atoms with van der Waals surface area (Å²) < 4.78 is 10.6. The molecule has 5 nitrogen and oxygen atoms in total. The maximum absolute atomic E-state index is 12.1. The zero-order valence-corrected chi connectivity index (χ0v) is 13.6. The van der Waals surface area contributed by atoms with Crippen LogP contribution < -0.4 is 9.64 Å². The van der Waals surface area contributed by atoms with Crippen molar-refractivity contribution in [2.24, 2.45) is 0 Å². The van der Waals surface area contributed by atoms with Crippen LogP contribution in [0, 0.1) is 0 Å². The van der Waals surface area contributed by atoms with Crippen molar-refractivity contribution < 1.29 is 14.3 Å². The number of pyridine rings is 1. The lowest BCUT2D eigenvalue weighted by Crippen LogP contribution is -2.26. The highest BCUT2D eigenvalue weighted by molar-refractivity contribution is 5.92. The fourth-order valence-corrected chi connectivity index (χ4v) is 2.09. The number of rotatable bonds is 8. The van der Waals surface area contributed by atoms with Crippen molar-refractivity contribution in [3.05, 3.63) is 54.2 Å². The van der Waals surface area contributed by atoms with E-state index in [9.17, 15) is 4.79 Å². The first-order valence-corrected chi connectivity index (χ1v) is 7.59. The molecule has 2 aromatic rings. The molecule has 23 heavy (non-hydrogen) atoms. The van der Waals surface area contributed by atoms with Crippen molar-refractivity contribution in [3.63, 3.8) is 0 Å². The third-order valence-corrected chi connectivity index (χ3v) is 3.48. The lowest BCUT2D eigenvalue weighted by Gasteiger charge is -2.17. The van der Waals surface area contributed by atoms with Gasteiger partial charge in [0.25, 0.3) is 0 Å². The molecule has 0 aliphatic rings. The third kappa shape index (κ3) is 5.38. The number of ether oxygens (including phenoxy) is 2. The van der Waals surface area contributed by atoms with Gasteiger partial charge < -0.3 is 14.4 Å². The van der Waals surface area contributed by atoms with Crippen molar-refractivity contribution >= 4 is 11.6 Å². The highest BCUT2D eigenvalue weighted by Crippen LogP contribution is 2.16. The number of methoxy groups -OCH3 is 1. The SMILES string of the molecule is COc1ccc(N(C)C(=O)CCCOCc2ccccc2)cn1. The summed E-state index contributed by atoms with van der Waals surface area (Å²) in [5.74, 6) is 0.573. The Morgan fingerprint density at radius 1 is 1.17 bits per heavy atom.